The lowest BCUT2D eigenvalue weighted by atomic mass is 10.3. The Morgan fingerprint density at radius 3 is 2.85 bits per heavy atom. The van der Waals surface area contributed by atoms with E-state index in [1.54, 1.807) is 21.9 Å². The molecule has 3 heterocycles. The number of hydrogen-bond donors (Lipinski definition) is 0. The van der Waals surface area contributed by atoms with Gasteiger partial charge in [-0.1, -0.05) is 11.6 Å². The smallest absolute Gasteiger partial charge is 0.339 e. The van der Waals surface area contributed by atoms with Gasteiger partial charge in [-0.15, -0.1) is 21.5 Å². The summed E-state index contributed by atoms with van der Waals surface area (Å²) in [5, 5.41) is 8.58. The Bertz CT molecular complexity index is 809. The molecule has 7 heteroatoms. The Balaban J connectivity index is 2.24. The molecule has 5 nitrogen and oxygen atoms in total. The molecule has 0 saturated heterocycles. The first-order valence-corrected chi connectivity index (χ1v) is 6.99. The van der Waals surface area contributed by atoms with Gasteiger partial charge in [0.15, 0.2) is 11.5 Å². The van der Waals surface area contributed by atoms with Crippen molar-refractivity contribution in [3.63, 3.8) is 0 Å². The lowest BCUT2D eigenvalue weighted by Crippen LogP contribution is -2.03. The standard InChI is InChI=1S/C13H10ClN3O2S/c1-7-3-4-10(20-7)12-16-15-11-9(14)5-8(6-17(11)12)13(18)19-2/h3-6H,1-2H3. The average Bonchev–Trinajstić information content (AvgIpc) is 3.03. The van der Waals surface area contributed by atoms with Crippen molar-refractivity contribution in [1.29, 1.82) is 0 Å². The highest BCUT2D eigenvalue weighted by Gasteiger charge is 2.16. The maximum atomic E-state index is 11.7. The molecule has 0 spiro atoms. The van der Waals surface area contributed by atoms with Crippen LogP contribution in [0.1, 0.15) is 15.2 Å². The van der Waals surface area contributed by atoms with Crippen molar-refractivity contribution in [3.8, 4) is 10.7 Å². The molecule has 3 aromatic rings. The summed E-state index contributed by atoms with van der Waals surface area (Å²) >= 11 is 7.75. The van der Waals surface area contributed by atoms with Crippen LogP contribution in [0, 0.1) is 6.92 Å². The van der Waals surface area contributed by atoms with E-state index >= 15 is 0 Å². The molecule has 0 bridgehead atoms. The number of esters is 1. The number of methoxy groups -OCH3 is 1. The molecule has 0 N–H and O–H groups in total. The maximum Gasteiger partial charge on any atom is 0.339 e. The van der Waals surface area contributed by atoms with Crippen LogP contribution in [-0.4, -0.2) is 27.7 Å². The fraction of sp³-hybridized carbons (Fsp3) is 0.154. The summed E-state index contributed by atoms with van der Waals surface area (Å²) in [5.41, 5.74) is 0.875. The van der Waals surface area contributed by atoms with Crippen LogP contribution in [-0.2, 0) is 4.74 Å². The fourth-order valence-corrected chi connectivity index (χ4v) is 3.00. The highest BCUT2D eigenvalue weighted by Crippen LogP contribution is 2.28. The molecular weight excluding hydrogens is 298 g/mol. The van der Waals surface area contributed by atoms with Crippen LogP contribution < -0.4 is 0 Å². The van der Waals surface area contributed by atoms with E-state index in [0.717, 1.165) is 4.88 Å². The van der Waals surface area contributed by atoms with Gasteiger partial charge in [-0.05, 0) is 25.1 Å². The van der Waals surface area contributed by atoms with Gasteiger partial charge in [-0.2, -0.15) is 0 Å². The van der Waals surface area contributed by atoms with E-state index in [-0.39, 0.29) is 0 Å². The zero-order chi connectivity index (χ0) is 14.3. The minimum absolute atomic E-state index is 0.360. The van der Waals surface area contributed by atoms with E-state index in [0.29, 0.717) is 22.1 Å². The molecular formula is C13H10ClN3O2S. The number of rotatable bonds is 2. The number of halogens is 1. The number of fused-ring (bicyclic) bond motifs is 1. The maximum absolute atomic E-state index is 11.7. The number of nitrogens with zero attached hydrogens (tertiary/aromatic N) is 3. The molecule has 102 valence electrons. The topological polar surface area (TPSA) is 56.5 Å². The molecule has 0 aromatic carbocycles. The van der Waals surface area contributed by atoms with E-state index in [2.05, 4.69) is 10.2 Å². The van der Waals surface area contributed by atoms with E-state index in [9.17, 15) is 4.79 Å². The van der Waals surface area contributed by atoms with Crippen molar-refractivity contribution in [1.82, 2.24) is 14.6 Å². The van der Waals surface area contributed by atoms with Gasteiger partial charge in [0.05, 0.1) is 22.6 Å². The van der Waals surface area contributed by atoms with Crippen LogP contribution in [0.3, 0.4) is 0 Å². The number of ether oxygens (including phenoxy) is 1. The van der Waals surface area contributed by atoms with Gasteiger partial charge in [0, 0.05) is 11.1 Å². The van der Waals surface area contributed by atoms with E-state index in [4.69, 9.17) is 16.3 Å². The molecule has 0 aliphatic heterocycles. The van der Waals surface area contributed by atoms with Crippen molar-refractivity contribution in [2.45, 2.75) is 6.92 Å². The van der Waals surface area contributed by atoms with Gasteiger partial charge in [0.25, 0.3) is 0 Å². The molecule has 3 aromatic heterocycles. The largest absolute Gasteiger partial charge is 0.465 e. The third kappa shape index (κ3) is 2.07. The first-order valence-electron chi connectivity index (χ1n) is 5.79. The van der Waals surface area contributed by atoms with Gasteiger partial charge < -0.3 is 4.74 Å². The summed E-state index contributed by atoms with van der Waals surface area (Å²) in [4.78, 5) is 13.8. The Kier molecular flexibility index (Phi) is 3.19. The van der Waals surface area contributed by atoms with E-state index in [1.807, 2.05) is 19.1 Å². The van der Waals surface area contributed by atoms with Crippen LogP contribution in [0.5, 0.6) is 0 Å². The number of aromatic nitrogens is 3. The summed E-state index contributed by atoms with van der Waals surface area (Å²) in [7, 11) is 1.33. The van der Waals surface area contributed by atoms with Crippen molar-refractivity contribution in [2.75, 3.05) is 7.11 Å². The molecule has 0 aliphatic rings. The second-order valence-corrected chi connectivity index (χ2v) is 5.89. The minimum Gasteiger partial charge on any atom is -0.465 e. The molecule has 0 aliphatic carbocycles. The normalized spacial score (nSPS) is 10.9. The van der Waals surface area contributed by atoms with Gasteiger partial charge in [0.2, 0.25) is 0 Å². The van der Waals surface area contributed by atoms with Crippen LogP contribution >= 0.6 is 22.9 Å². The van der Waals surface area contributed by atoms with E-state index < -0.39 is 5.97 Å². The zero-order valence-electron chi connectivity index (χ0n) is 10.8. The highest BCUT2D eigenvalue weighted by atomic mass is 35.5. The zero-order valence-corrected chi connectivity index (χ0v) is 12.3. The van der Waals surface area contributed by atoms with E-state index in [1.165, 1.54) is 18.1 Å². The third-order valence-corrected chi connectivity index (χ3v) is 4.12. The Hall–Kier alpha value is -1.92. The number of carbonyl (C=O) groups excluding carboxylic acids is 1. The summed E-state index contributed by atoms with van der Waals surface area (Å²) < 4.78 is 6.43. The molecule has 0 unspecified atom stereocenters. The number of hydrogen-bond acceptors (Lipinski definition) is 5. The third-order valence-electron chi connectivity index (χ3n) is 2.84. The highest BCUT2D eigenvalue weighted by molar-refractivity contribution is 7.15. The monoisotopic (exact) mass is 307 g/mol. The lowest BCUT2D eigenvalue weighted by Gasteiger charge is -2.03. The number of carbonyl (C=O) groups is 1. The summed E-state index contributed by atoms with van der Waals surface area (Å²) in [6.07, 6.45) is 1.64. The second-order valence-electron chi connectivity index (χ2n) is 4.20. The number of thiophene rings is 1. The fourth-order valence-electron chi connectivity index (χ4n) is 1.91. The van der Waals surface area contributed by atoms with Gasteiger partial charge >= 0.3 is 5.97 Å². The van der Waals surface area contributed by atoms with Crippen LogP contribution in [0.25, 0.3) is 16.3 Å². The summed E-state index contributed by atoms with van der Waals surface area (Å²) in [5.74, 6) is 0.210. The Morgan fingerprint density at radius 1 is 1.40 bits per heavy atom. The molecule has 0 atom stereocenters. The Morgan fingerprint density at radius 2 is 2.20 bits per heavy atom. The lowest BCUT2D eigenvalue weighted by molar-refractivity contribution is 0.0600. The second kappa shape index (κ2) is 4.88. The van der Waals surface area contributed by atoms with Crippen molar-refractivity contribution >= 4 is 34.6 Å². The van der Waals surface area contributed by atoms with Gasteiger partial charge in [-0.25, -0.2) is 4.79 Å². The van der Waals surface area contributed by atoms with Crippen molar-refractivity contribution < 1.29 is 9.53 Å². The number of aryl methyl sites for hydroxylation is 1. The first kappa shape index (κ1) is 13.1. The molecule has 0 amide bonds. The Labute approximate surface area is 123 Å². The minimum atomic E-state index is -0.448. The van der Waals surface area contributed by atoms with Crippen LogP contribution in [0.15, 0.2) is 24.4 Å². The molecule has 0 fully saturated rings. The molecule has 0 radical (unpaired) electrons. The SMILES string of the molecule is COC(=O)c1cc(Cl)c2nnc(-c3ccc(C)s3)n2c1. The summed E-state index contributed by atoms with van der Waals surface area (Å²) in [6, 6.07) is 5.50. The summed E-state index contributed by atoms with van der Waals surface area (Å²) in [6.45, 7) is 2.02. The van der Waals surface area contributed by atoms with Crippen molar-refractivity contribution in [3.05, 3.63) is 39.9 Å². The average molecular weight is 308 g/mol. The molecule has 0 saturated carbocycles. The molecule has 20 heavy (non-hydrogen) atoms. The van der Waals surface area contributed by atoms with Crippen LogP contribution in [0.2, 0.25) is 5.02 Å². The predicted molar refractivity (Wildman–Crippen MR) is 77.4 cm³/mol. The first-order chi connectivity index (χ1) is 9.60. The number of pyridine rings is 1. The van der Waals surface area contributed by atoms with Gasteiger partial charge in [-0.3, -0.25) is 4.40 Å². The quantitative estimate of drug-likeness (QED) is 0.682. The van der Waals surface area contributed by atoms with Crippen LogP contribution in [0.4, 0.5) is 0 Å². The predicted octanol–water partition coefficient (Wildman–Crippen LogP) is 3.21. The molecule has 3 rings (SSSR count). The van der Waals surface area contributed by atoms with Crippen molar-refractivity contribution in [2.24, 2.45) is 0 Å². The van der Waals surface area contributed by atoms with Gasteiger partial charge in [0.1, 0.15) is 0 Å².